The van der Waals surface area contributed by atoms with Crippen LogP contribution in [0.2, 0.25) is 0 Å². The van der Waals surface area contributed by atoms with Crippen LogP contribution in [-0.2, 0) is 25.5 Å². The molecular formula is C14H18N2O4. The Morgan fingerprint density at radius 3 is 2.70 bits per heavy atom. The number of fused-ring (bicyclic) bond motifs is 1. The largest absolute Gasteiger partial charge is 0.354 e. The molecule has 0 saturated heterocycles. The van der Waals surface area contributed by atoms with Crippen LogP contribution in [0, 0.1) is 0 Å². The Morgan fingerprint density at radius 1 is 1.30 bits per heavy atom. The van der Waals surface area contributed by atoms with Crippen molar-refractivity contribution >= 4 is 17.5 Å². The minimum absolute atomic E-state index is 0.132. The third-order valence-corrected chi connectivity index (χ3v) is 3.28. The van der Waals surface area contributed by atoms with Crippen molar-refractivity contribution in [1.29, 1.82) is 0 Å². The molecule has 0 bridgehead atoms. The van der Waals surface area contributed by atoms with Crippen molar-refractivity contribution in [3.05, 3.63) is 29.8 Å². The molecule has 0 radical (unpaired) electrons. The smallest absolute Gasteiger partial charge is 0.316 e. The van der Waals surface area contributed by atoms with E-state index in [1.54, 1.807) is 0 Å². The molecule has 108 valence electrons. The van der Waals surface area contributed by atoms with Gasteiger partial charge >= 0.3 is 11.8 Å². The number of methoxy groups -OCH3 is 2. The van der Waals surface area contributed by atoms with Crippen molar-refractivity contribution in [1.82, 2.24) is 5.32 Å². The fourth-order valence-electron chi connectivity index (χ4n) is 2.19. The van der Waals surface area contributed by atoms with E-state index in [2.05, 4.69) is 5.32 Å². The summed E-state index contributed by atoms with van der Waals surface area (Å²) in [5.74, 6) is -1.21. The molecule has 0 atom stereocenters. The Labute approximate surface area is 117 Å². The molecule has 1 aromatic carbocycles. The van der Waals surface area contributed by atoms with E-state index in [4.69, 9.17) is 9.47 Å². The molecule has 1 N–H and O–H groups in total. The lowest BCUT2D eigenvalue weighted by atomic mass is 10.2. The molecule has 0 saturated carbocycles. The van der Waals surface area contributed by atoms with E-state index in [0.29, 0.717) is 6.54 Å². The van der Waals surface area contributed by atoms with Crippen molar-refractivity contribution in [2.24, 2.45) is 0 Å². The van der Waals surface area contributed by atoms with Gasteiger partial charge in [-0.1, -0.05) is 18.2 Å². The second-order valence-corrected chi connectivity index (χ2v) is 4.45. The average Bonchev–Trinajstić information content (AvgIpc) is 2.91. The summed E-state index contributed by atoms with van der Waals surface area (Å²) in [7, 11) is 2.94. The first-order valence-corrected chi connectivity index (χ1v) is 6.40. The minimum Gasteiger partial charge on any atom is -0.354 e. The van der Waals surface area contributed by atoms with Crippen molar-refractivity contribution in [2.75, 3.05) is 32.2 Å². The van der Waals surface area contributed by atoms with Gasteiger partial charge in [-0.2, -0.15) is 0 Å². The first kappa shape index (κ1) is 14.5. The number of nitrogens with zero attached hydrogens (tertiary/aromatic N) is 1. The van der Waals surface area contributed by atoms with Crippen LogP contribution in [0.4, 0.5) is 5.69 Å². The highest BCUT2D eigenvalue weighted by atomic mass is 16.7. The fourth-order valence-corrected chi connectivity index (χ4v) is 2.19. The average molecular weight is 278 g/mol. The molecule has 0 aromatic heterocycles. The van der Waals surface area contributed by atoms with Gasteiger partial charge in [-0.3, -0.25) is 9.59 Å². The molecule has 0 aliphatic carbocycles. The third kappa shape index (κ3) is 2.97. The van der Waals surface area contributed by atoms with Crippen LogP contribution in [-0.4, -0.2) is 45.4 Å². The van der Waals surface area contributed by atoms with E-state index >= 15 is 0 Å². The summed E-state index contributed by atoms with van der Waals surface area (Å²) in [4.78, 5) is 25.5. The van der Waals surface area contributed by atoms with Crippen molar-refractivity contribution in [2.45, 2.75) is 12.7 Å². The summed E-state index contributed by atoms with van der Waals surface area (Å²) in [6.45, 7) is 0.663. The predicted octanol–water partition coefficient (Wildman–Crippen LogP) is 0.311. The number of nitrogens with one attached hydrogen (secondary N) is 1. The summed E-state index contributed by atoms with van der Waals surface area (Å²) < 4.78 is 9.90. The zero-order chi connectivity index (χ0) is 14.5. The van der Waals surface area contributed by atoms with Gasteiger partial charge in [-0.25, -0.2) is 0 Å². The zero-order valence-electron chi connectivity index (χ0n) is 11.6. The van der Waals surface area contributed by atoms with Crippen LogP contribution in [0.5, 0.6) is 0 Å². The van der Waals surface area contributed by atoms with E-state index in [9.17, 15) is 9.59 Å². The molecule has 1 aliphatic rings. The molecule has 6 heteroatoms. The lowest BCUT2D eigenvalue weighted by Gasteiger charge is -2.18. The van der Waals surface area contributed by atoms with E-state index in [1.165, 1.54) is 19.1 Å². The number of anilines is 1. The van der Waals surface area contributed by atoms with E-state index < -0.39 is 18.1 Å². The molecule has 6 nitrogen and oxygen atoms in total. The van der Waals surface area contributed by atoms with Crippen LogP contribution in [0.25, 0.3) is 0 Å². The van der Waals surface area contributed by atoms with Gasteiger partial charge in [0.2, 0.25) is 0 Å². The van der Waals surface area contributed by atoms with Gasteiger partial charge in [-0.05, 0) is 18.1 Å². The number of amides is 2. The maximum Gasteiger partial charge on any atom is 0.316 e. The molecule has 2 amide bonds. The highest BCUT2D eigenvalue weighted by molar-refractivity contribution is 6.40. The third-order valence-electron chi connectivity index (χ3n) is 3.28. The summed E-state index contributed by atoms with van der Waals surface area (Å²) >= 11 is 0. The summed E-state index contributed by atoms with van der Waals surface area (Å²) in [5, 5.41) is 2.51. The van der Waals surface area contributed by atoms with Crippen LogP contribution in [0.1, 0.15) is 5.56 Å². The second-order valence-electron chi connectivity index (χ2n) is 4.45. The Balaban J connectivity index is 1.97. The molecule has 0 unspecified atom stereocenters. The van der Waals surface area contributed by atoms with Gasteiger partial charge < -0.3 is 19.7 Å². The van der Waals surface area contributed by atoms with Crippen LogP contribution in [0.3, 0.4) is 0 Å². The number of benzene rings is 1. The van der Waals surface area contributed by atoms with Crippen molar-refractivity contribution < 1.29 is 19.1 Å². The van der Waals surface area contributed by atoms with Gasteiger partial charge in [0.15, 0.2) is 6.29 Å². The van der Waals surface area contributed by atoms with Gasteiger partial charge in [0.25, 0.3) is 0 Å². The standard InChI is InChI=1S/C14H18N2O4/c1-19-12(20-2)9-15-13(17)14(18)16-8-7-10-5-3-4-6-11(10)16/h3-6,12H,7-9H2,1-2H3,(H,15,17). The minimum atomic E-state index is -0.652. The second kappa shape index (κ2) is 6.49. The lowest BCUT2D eigenvalue weighted by Crippen LogP contribution is -2.45. The Kier molecular flexibility index (Phi) is 4.70. The van der Waals surface area contributed by atoms with E-state index in [1.807, 2.05) is 24.3 Å². The van der Waals surface area contributed by atoms with Gasteiger partial charge in [0.05, 0.1) is 6.54 Å². The first-order chi connectivity index (χ1) is 9.67. The normalized spacial score (nSPS) is 13.4. The Hall–Kier alpha value is -1.92. The molecule has 1 aromatic rings. The molecule has 1 heterocycles. The number of carbonyl (C=O) groups excluding carboxylic acids is 2. The Bertz CT molecular complexity index is 500. The van der Waals surface area contributed by atoms with Gasteiger partial charge in [0, 0.05) is 26.5 Å². The summed E-state index contributed by atoms with van der Waals surface area (Å²) in [6.07, 6.45) is 0.214. The van der Waals surface area contributed by atoms with Gasteiger partial charge in [0.1, 0.15) is 0 Å². The highest BCUT2D eigenvalue weighted by Crippen LogP contribution is 2.27. The monoisotopic (exact) mass is 278 g/mol. The molecule has 20 heavy (non-hydrogen) atoms. The maximum atomic E-state index is 12.1. The number of carbonyl (C=O) groups is 2. The number of hydrogen-bond acceptors (Lipinski definition) is 4. The zero-order valence-corrected chi connectivity index (χ0v) is 11.6. The van der Waals surface area contributed by atoms with E-state index in [-0.39, 0.29) is 6.54 Å². The topological polar surface area (TPSA) is 67.9 Å². The predicted molar refractivity (Wildman–Crippen MR) is 73.3 cm³/mol. The van der Waals surface area contributed by atoms with E-state index in [0.717, 1.165) is 17.7 Å². The Morgan fingerprint density at radius 2 is 2.00 bits per heavy atom. The van der Waals surface area contributed by atoms with Crippen LogP contribution in [0.15, 0.2) is 24.3 Å². The van der Waals surface area contributed by atoms with Crippen LogP contribution >= 0.6 is 0 Å². The van der Waals surface area contributed by atoms with Crippen molar-refractivity contribution in [3.8, 4) is 0 Å². The van der Waals surface area contributed by atoms with Crippen LogP contribution < -0.4 is 10.2 Å². The molecule has 1 aliphatic heterocycles. The first-order valence-electron chi connectivity index (χ1n) is 6.40. The number of ether oxygens (including phenoxy) is 2. The summed E-state index contributed by atoms with van der Waals surface area (Å²) in [5.41, 5.74) is 1.89. The quantitative estimate of drug-likeness (QED) is 0.636. The number of para-hydroxylation sites is 1. The molecule has 2 rings (SSSR count). The van der Waals surface area contributed by atoms with Gasteiger partial charge in [-0.15, -0.1) is 0 Å². The summed E-state index contributed by atoms with van der Waals surface area (Å²) in [6, 6.07) is 7.59. The highest BCUT2D eigenvalue weighted by Gasteiger charge is 2.28. The van der Waals surface area contributed by atoms with Crippen molar-refractivity contribution in [3.63, 3.8) is 0 Å². The maximum absolute atomic E-state index is 12.1. The SMILES string of the molecule is COC(CNC(=O)C(=O)N1CCc2ccccc21)OC. The molecule has 0 fully saturated rings. The molecule has 0 spiro atoms. The fraction of sp³-hybridized carbons (Fsp3) is 0.429. The molecular weight excluding hydrogens is 260 g/mol. The number of rotatable bonds is 4. The number of hydrogen-bond donors (Lipinski definition) is 1. The lowest BCUT2D eigenvalue weighted by molar-refractivity contribution is -0.140.